The van der Waals surface area contributed by atoms with Gasteiger partial charge in [0.25, 0.3) is 6.33 Å². The Morgan fingerprint density at radius 3 is 2.53 bits per heavy atom. The molecule has 0 unspecified atom stereocenters. The first kappa shape index (κ1) is 20.2. The van der Waals surface area contributed by atoms with E-state index in [0.29, 0.717) is 5.41 Å². The summed E-state index contributed by atoms with van der Waals surface area (Å²) in [5.74, 6) is 4.95. The molecule has 3 nitrogen and oxygen atoms in total. The van der Waals surface area contributed by atoms with Crippen molar-refractivity contribution in [1.29, 1.82) is 0 Å². The lowest BCUT2D eigenvalue weighted by molar-refractivity contribution is -0.662. The highest BCUT2D eigenvalue weighted by molar-refractivity contribution is 6.06. The Bertz CT molecular complexity index is 1610. The summed E-state index contributed by atoms with van der Waals surface area (Å²) in [6.45, 7) is 2.29. The number of benzene rings is 3. The largest absolute Gasteiger partial charge is 0.455 e. The maximum absolute atomic E-state index is 7.05. The van der Waals surface area contributed by atoms with Crippen LogP contribution in [-0.4, -0.2) is 4.98 Å². The third-order valence-electron chi connectivity index (χ3n) is 10.7. The van der Waals surface area contributed by atoms with Gasteiger partial charge >= 0.3 is 0 Å². The Kier molecular flexibility index (Phi) is 3.74. The zero-order chi connectivity index (χ0) is 23.8. The first-order chi connectivity index (χ1) is 17.6. The van der Waals surface area contributed by atoms with Gasteiger partial charge in [-0.05, 0) is 132 Å². The van der Waals surface area contributed by atoms with Gasteiger partial charge in [0.2, 0.25) is 0 Å². The van der Waals surface area contributed by atoms with Crippen LogP contribution in [0, 0.1) is 24.7 Å². The Balaban J connectivity index is 1.33. The Morgan fingerprint density at radius 1 is 0.972 bits per heavy atom. The minimum atomic E-state index is 0.337. The lowest BCUT2D eigenvalue weighted by Gasteiger charge is -2.57. The Morgan fingerprint density at radius 2 is 1.75 bits per heavy atom. The molecule has 4 saturated carbocycles. The maximum atomic E-state index is 7.05. The second kappa shape index (κ2) is 6.68. The molecule has 180 valence electrons. The van der Waals surface area contributed by atoms with Crippen molar-refractivity contribution in [3.05, 3.63) is 58.9 Å². The van der Waals surface area contributed by atoms with Crippen LogP contribution in [-0.2, 0) is 25.3 Å². The van der Waals surface area contributed by atoms with Crippen LogP contribution >= 0.6 is 0 Å². The standard InChI is InChI=1S/C33H33N2O/c1-18-24-7-3-5-22-6-4-8-25(29(22)24)32-28(18)31-30-26(34-17-35(31)2)12-23(13-27(30)36-32)33-14-19-9-20(15-33)11-21(10-19)16-33/h3,5,7,12-13,17,19-21H,4,6,8-11,14-16H2,1-2H3/q+1. The van der Waals surface area contributed by atoms with Crippen LogP contribution in [0.25, 0.3) is 32.9 Å². The summed E-state index contributed by atoms with van der Waals surface area (Å²) >= 11 is 0. The molecule has 0 amide bonds. The van der Waals surface area contributed by atoms with Gasteiger partial charge in [0.05, 0.1) is 12.6 Å². The minimum Gasteiger partial charge on any atom is -0.455 e. The van der Waals surface area contributed by atoms with E-state index in [1.54, 1.807) is 0 Å². The second-order valence-corrected chi connectivity index (χ2v) is 12.9. The monoisotopic (exact) mass is 473 g/mol. The average Bonchev–Trinajstić information content (AvgIpc) is 2.87. The van der Waals surface area contributed by atoms with Crippen LogP contribution in [0.1, 0.15) is 67.2 Å². The van der Waals surface area contributed by atoms with Crippen LogP contribution < -0.4 is 9.30 Å². The molecule has 0 radical (unpaired) electrons. The Hall–Kier alpha value is -2.94. The van der Waals surface area contributed by atoms with E-state index in [0.717, 1.165) is 41.2 Å². The summed E-state index contributed by atoms with van der Waals surface area (Å²) in [6.07, 6.45) is 14.0. The fourth-order valence-corrected chi connectivity index (χ4v) is 9.72. The van der Waals surface area contributed by atoms with Crippen molar-refractivity contribution in [2.24, 2.45) is 24.8 Å². The van der Waals surface area contributed by atoms with E-state index in [9.17, 15) is 0 Å². The van der Waals surface area contributed by atoms with Crippen LogP contribution in [0.4, 0.5) is 0 Å². The zero-order valence-corrected chi connectivity index (χ0v) is 21.4. The fraction of sp³-hybridized carbons (Fsp3) is 0.455. The third-order valence-corrected chi connectivity index (χ3v) is 10.7. The number of hydrogen-bond acceptors (Lipinski definition) is 2. The van der Waals surface area contributed by atoms with Crippen molar-refractivity contribution in [3.8, 4) is 22.8 Å². The van der Waals surface area contributed by atoms with Crippen LogP contribution in [0.15, 0.2) is 36.7 Å². The van der Waals surface area contributed by atoms with Gasteiger partial charge in [-0.25, -0.2) is 4.57 Å². The van der Waals surface area contributed by atoms with Gasteiger partial charge in [0.1, 0.15) is 16.9 Å². The fourth-order valence-electron chi connectivity index (χ4n) is 9.72. The van der Waals surface area contributed by atoms with E-state index in [2.05, 4.69) is 48.9 Å². The molecule has 0 N–H and O–H groups in total. The van der Waals surface area contributed by atoms with Gasteiger partial charge in [-0.15, -0.1) is 0 Å². The Labute approximate surface area is 212 Å². The second-order valence-electron chi connectivity index (χ2n) is 12.9. The van der Waals surface area contributed by atoms with E-state index in [1.165, 1.54) is 101 Å². The van der Waals surface area contributed by atoms with Gasteiger partial charge in [0, 0.05) is 5.56 Å². The summed E-state index contributed by atoms with van der Waals surface area (Å²) in [5, 5.41) is 4.04. The van der Waals surface area contributed by atoms with E-state index in [4.69, 9.17) is 9.72 Å². The molecule has 5 aliphatic carbocycles. The molecule has 1 aromatic heterocycles. The quantitative estimate of drug-likeness (QED) is 0.240. The predicted octanol–water partition coefficient (Wildman–Crippen LogP) is 7.25. The highest BCUT2D eigenvalue weighted by Crippen LogP contribution is 2.62. The van der Waals surface area contributed by atoms with Gasteiger partial charge in [0.15, 0.2) is 11.2 Å². The normalized spacial score (nSPS) is 29.0. The van der Waals surface area contributed by atoms with Gasteiger partial charge < -0.3 is 4.74 Å². The third kappa shape index (κ3) is 2.45. The van der Waals surface area contributed by atoms with Crippen LogP contribution in [0.2, 0.25) is 0 Å². The van der Waals surface area contributed by atoms with Crippen molar-refractivity contribution in [2.75, 3.05) is 0 Å². The molecule has 10 rings (SSSR count). The van der Waals surface area contributed by atoms with Crippen molar-refractivity contribution < 1.29 is 9.30 Å². The van der Waals surface area contributed by atoms with E-state index in [1.807, 2.05) is 6.33 Å². The van der Waals surface area contributed by atoms with Crippen molar-refractivity contribution in [2.45, 2.75) is 70.1 Å². The average molecular weight is 474 g/mol. The SMILES string of the molecule is Cc1c2c(c3c4c(cccc14)CCC3)Oc1cc(C34CC5CC(CC(C5)C3)C4)cc3nc[n+](C)c-2c13. The maximum Gasteiger partial charge on any atom is 0.287 e. The minimum absolute atomic E-state index is 0.337. The lowest BCUT2D eigenvalue weighted by Crippen LogP contribution is -2.48. The number of aromatic nitrogens is 2. The number of fused-ring (bicyclic) bond motifs is 3. The lowest BCUT2D eigenvalue weighted by atomic mass is 9.48. The predicted molar refractivity (Wildman–Crippen MR) is 143 cm³/mol. The molecule has 6 aliphatic rings. The van der Waals surface area contributed by atoms with E-state index >= 15 is 0 Å². The summed E-state index contributed by atoms with van der Waals surface area (Å²) in [7, 11) is 2.15. The first-order valence-corrected chi connectivity index (χ1v) is 14.2. The summed E-state index contributed by atoms with van der Waals surface area (Å²) in [6, 6.07) is 11.8. The molecule has 1 aliphatic heterocycles. The van der Waals surface area contributed by atoms with Crippen LogP contribution in [0.5, 0.6) is 11.5 Å². The molecular formula is C33H33N2O+. The molecule has 4 fully saturated rings. The summed E-state index contributed by atoms with van der Waals surface area (Å²) < 4.78 is 9.29. The molecule has 2 heterocycles. The molecular weight excluding hydrogens is 440 g/mol. The highest BCUT2D eigenvalue weighted by Gasteiger charge is 2.52. The molecule has 4 aromatic rings. The number of ether oxygens (including phenoxy) is 1. The number of rotatable bonds is 1. The smallest absolute Gasteiger partial charge is 0.287 e. The molecule has 3 aromatic carbocycles. The number of nitrogens with zero attached hydrogens (tertiary/aromatic N) is 2. The van der Waals surface area contributed by atoms with Crippen molar-refractivity contribution >= 4 is 21.7 Å². The topological polar surface area (TPSA) is 26.0 Å². The number of hydrogen-bond donors (Lipinski definition) is 0. The van der Waals surface area contributed by atoms with E-state index < -0.39 is 0 Å². The summed E-state index contributed by atoms with van der Waals surface area (Å²) in [4.78, 5) is 4.99. The van der Waals surface area contributed by atoms with E-state index in [-0.39, 0.29) is 0 Å². The van der Waals surface area contributed by atoms with Gasteiger partial charge in [-0.3, -0.25) is 0 Å². The first-order valence-electron chi connectivity index (χ1n) is 14.2. The summed E-state index contributed by atoms with van der Waals surface area (Å²) in [5.41, 5.74) is 9.76. The van der Waals surface area contributed by atoms with Crippen LogP contribution in [0.3, 0.4) is 0 Å². The van der Waals surface area contributed by atoms with Gasteiger partial charge in [-0.1, -0.05) is 18.2 Å². The van der Waals surface area contributed by atoms with Crippen molar-refractivity contribution in [3.63, 3.8) is 0 Å². The molecule has 0 saturated heterocycles. The molecule has 36 heavy (non-hydrogen) atoms. The van der Waals surface area contributed by atoms with Gasteiger partial charge in [-0.2, -0.15) is 0 Å². The molecule has 4 bridgehead atoms. The number of aryl methyl sites for hydroxylation is 4. The molecule has 0 spiro atoms. The highest BCUT2D eigenvalue weighted by atomic mass is 16.5. The van der Waals surface area contributed by atoms with Crippen molar-refractivity contribution in [1.82, 2.24) is 4.98 Å². The zero-order valence-electron chi connectivity index (χ0n) is 21.4. The molecule has 0 atom stereocenters. The molecule has 3 heteroatoms.